The largest absolute Gasteiger partial charge is 0.313 e. The summed E-state index contributed by atoms with van der Waals surface area (Å²) >= 11 is 0. The molecule has 3 rings (SSSR count). The molecule has 0 radical (unpaired) electrons. The first-order chi connectivity index (χ1) is 10.1. The number of aromatic nitrogens is 1. The minimum Gasteiger partial charge on any atom is -0.313 e. The first-order valence-electron chi connectivity index (χ1n) is 7.21. The van der Waals surface area contributed by atoms with Crippen LogP contribution in [0.1, 0.15) is 19.3 Å². The summed E-state index contributed by atoms with van der Waals surface area (Å²) in [5.41, 5.74) is 0.616. The van der Waals surface area contributed by atoms with Gasteiger partial charge in [0.05, 0.1) is 11.4 Å². The van der Waals surface area contributed by atoms with Crippen LogP contribution in [-0.4, -0.2) is 31.7 Å². The maximum atomic E-state index is 12.3. The summed E-state index contributed by atoms with van der Waals surface area (Å²) in [5, 5.41) is 5.06. The standard InChI is InChI=1S/C15H19N3O2S/c19-21(20,11-13-5-1-2-8-17-13)18-15-6-3-4-12-10-16-9-7-14(12)15/h3-4,6-7,9-10,13,17-18H,1-2,5,8,11H2. The molecule has 21 heavy (non-hydrogen) atoms. The quantitative estimate of drug-likeness (QED) is 0.907. The fraction of sp³-hybridized carbons (Fsp3) is 0.400. The van der Waals surface area contributed by atoms with Gasteiger partial charge in [-0.05, 0) is 31.5 Å². The zero-order valence-electron chi connectivity index (χ0n) is 11.7. The monoisotopic (exact) mass is 305 g/mol. The highest BCUT2D eigenvalue weighted by Gasteiger charge is 2.21. The highest BCUT2D eigenvalue weighted by atomic mass is 32.2. The lowest BCUT2D eigenvalue weighted by molar-refractivity contribution is 0.424. The van der Waals surface area contributed by atoms with E-state index in [4.69, 9.17) is 0 Å². The van der Waals surface area contributed by atoms with Crippen LogP contribution in [0.15, 0.2) is 36.7 Å². The number of anilines is 1. The normalized spacial score (nSPS) is 19.5. The van der Waals surface area contributed by atoms with Crippen molar-refractivity contribution in [2.45, 2.75) is 25.3 Å². The molecule has 1 aliphatic heterocycles. The molecular formula is C15H19N3O2S. The molecule has 0 amide bonds. The van der Waals surface area contributed by atoms with Crippen LogP contribution in [0, 0.1) is 0 Å². The summed E-state index contributed by atoms with van der Waals surface area (Å²) in [5.74, 6) is 0.120. The molecule has 0 saturated carbocycles. The number of nitrogens with zero attached hydrogens (tertiary/aromatic N) is 1. The third-order valence-electron chi connectivity index (χ3n) is 3.78. The minimum absolute atomic E-state index is 0.0490. The molecule has 2 heterocycles. The van der Waals surface area contributed by atoms with E-state index >= 15 is 0 Å². The molecule has 1 atom stereocenters. The van der Waals surface area contributed by atoms with Crippen molar-refractivity contribution in [3.05, 3.63) is 36.7 Å². The van der Waals surface area contributed by atoms with Gasteiger partial charge >= 0.3 is 0 Å². The number of pyridine rings is 1. The Morgan fingerprint density at radius 2 is 2.19 bits per heavy atom. The Morgan fingerprint density at radius 3 is 3.00 bits per heavy atom. The van der Waals surface area contributed by atoms with Crippen LogP contribution in [0.2, 0.25) is 0 Å². The molecular weight excluding hydrogens is 286 g/mol. The van der Waals surface area contributed by atoms with Gasteiger partial charge < -0.3 is 5.32 Å². The molecule has 1 fully saturated rings. The molecule has 0 bridgehead atoms. The van der Waals surface area contributed by atoms with E-state index in [1.807, 2.05) is 18.2 Å². The summed E-state index contributed by atoms with van der Waals surface area (Å²) in [7, 11) is -3.36. The number of fused-ring (bicyclic) bond motifs is 1. The van der Waals surface area contributed by atoms with Gasteiger partial charge in [0.1, 0.15) is 0 Å². The van der Waals surface area contributed by atoms with Gasteiger partial charge in [-0.1, -0.05) is 18.6 Å². The molecule has 1 unspecified atom stereocenters. The highest BCUT2D eigenvalue weighted by Crippen LogP contribution is 2.23. The first-order valence-corrected chi connectivity index (χ1v) is 8.86. The van der Waals surface area contributed by atoms with Crippen LogP contribution in [0.4, 0.5) is 5.69 Å². The lowest BCUT2D eigenvalue weighted by Gasteiger charge is -2.23. The van der Waals surface area contributed by atoms with Gasteiger partial charge in [0, 0.05) is 29.2 Å². The van der Waals surface area contributed by atoms with Crippen molar-refractivity contribution in [1.29, 1.82) is 0 Å². The van der Waals surface area contributed by atoms with E-state index in [0.717, 1.165) is 36.6 Å². The molecule has 1 aromatic heterocycles. The van der Waals surface area contributed by atoms with Crippen LogP contribution in [0.25, 0.3) is 10.8 Å². The highest BCUT2D eigenvalue weighted by molar-refractivity contribution is 7.92. The number of hydrogen-bond donors (Lipinski definition) is 2. The summed E-state index contributed by atoms with van der Waals surface area (Å²) in [4.78, 5) is 4.06. The average molecular weight is 305 g/mol. The van der Waals surface area contributed by atoms with Crippen LogP contribution < -0.4 is 10.0 Å². The zero-order chi connectivity index (χ0) is 14.7. The third-order valence-corrected chi connectivity index (χ3v) is 5.15. The number of nitrogens with one attached hydrogen (secondary N) is 2. The van der Waals surface area contributed by atoms with E-state index < -0.39 is 10.0 Å². The number of benzene rings is 1. The van der Waals surface area contributed by atoms with Crippen LogP contribution >= 0.6 is 0 Å². The van der Waals surface area contributed by atoms with Crippen LogP contribution in [0.3, 0.4) is 0 Å². The summed E-state index contributed by atoms with van der Waals surface area (Å²) in [6.45, 7) is 0.903. The van der Waals surface area contributed by atoms with Gasteiger partial charge in [-0.2, -0.15) is 0 Å². The molecule has 6 heteroatoms. The zero-order valence-corrected chi connectivity index (χ0v) is 12.6. The fourth-order valence-corrected chi connectivity index (χ4v) is 4.16. The summed E-state index contributed by atoms with van der Waals surface area (Å²) in [6, 6.07) is 7.41. The second-order valence-corrected chi connectivity index (χ2v) is 7.20. The topological polar surface area (TPSA) is 71.1 Å². The third kappa shape index (κ3) is 3.51. The van der Waals surface area contributed by atoms with E-state index in [1.54, 1.807) is 18.5 Å². The van der Waals surface area contributed by atoms with Crippen LogP contribution in [0.5, 0.6) is 0 Å². The summed E-state index contributed by atoms with van der Waals surface area (Å²) < 4.78 is 27.4. The smallest absolute Gasteiger partial charge is 0.234 e. The predicted octanol–water partition coefficient (Wildman–Crippen LogP) is 2.12. The molecule has 2 aromatic rings. The van der Waals surface area contributed by atoms with Gasteiger partial charge in [0.2, 0.25) is 10.0 Å². The molecule has 1 saturated heterocycles. The molecule has 0 aliphatic carbocycles. The minimum atomic E-state index is -3.36. The fourth-order valence-electron chi connectivity index (χ4n) is 2.75. The van der Waals surface area contributed by atoms with E-state index in [0.29, 0.717) is 5.69 Å². The maximum Gasteiger partial charge on any atom is 0.234 e. The Balaban J connectivity index is 1.80. The van der Waals surface area contributed by atoms with Gasteiger partial charge in [0.25, 0.3) is 0 Å². The molecule has 0 spiro atoms. The van der Waals surface area contributed by atoms with Gasteiger partial charge in [-0.3, -0.25) is 9.71 Å². The number of rotatable bonds is 4. The summed E-state index contributed by atoms with van der Waals surface area (Å²) in [6.07, 6.45) is 6.53. The number of sulfonamides is 1. The van der Waals surface area contributed by atoms with Crippen molar-refractivity contribution in [1.82, 2.24) is 10.3 Å². The Kier molecular flexibility index (Phi) is 4.07. The van der Waals surface area contributed by atoms with Crippen molar-refractivity contribution in [3.63, 3.8) is 0 Å². The van der Waals surface area contributed by atoms with Crippen molar-refractivity contribution in [3.8, 4) is 0 Å². The Labute approximate surface area is 124 Å². The molecule has 1 aromatic carbocycles. The SMILES string of the molecule is O=S(=O)(CC1CCCCN1)Nc1cccc2cnccc12. The van der Waals surface area contributed by atoms with E-state index in [1.165, 1.54) is 0 Å². The Hall–Kier alpha value is -1.66. The van der Waals surface area contributed by atoms with E-state index in [9.17, 15) is 8.42 Å². The Morgan fingerprint density at radius 1 is 1.29 bits per heavy atom. The van der Waals surface area contributed by atoms with E-state index in [2.05, 4.69) is 15.0 Å². The maximum absolute atomic E-state index is 12.3. The molecule has 1 aliphatic rings. The predicted molar refractivity (Wildman–Crippen MR) is 84.8 cm³/mol. The second-order valence-electron chi connectivity index (χ2n) is 5.43. The van der Waals surface area contributed by atoms with Gasteiger partial charge in [-0.25, -0.2) is 8.42 Å². The molecule has 112 valence electrons. The lowest BCUT2D eigenvalue weighted by atomic mass is 10.1. The Bertz CT molecular complexity index is 719. The van der Waals surface area contributed by atoms with Crippen LogP contribution in [-0.2, 0) is 10.0 Å². The van der Waals surface area contributed by atoms with Crippen molar-refractivity contribution < 1.29 is 8.42 Å². The van der Waals surface area contributed by atoms with Crippen molar-refractivity contribution in [2.24, 2.45) is 0 Å². The molecule has 5 nitrogen and oxygen atoms in total. The van der Waals surface area contributed by atoms with Gasteiger partial charge in [-0.15, -0.1) is 0 Å². The number of piperidine rings is 1. The number of hydrogen-bond acceptors (Lipinski definition) is 4. The first kappa shape index (κ1) is 14.3. The van der Waals surface area contributed by atoms with Crippen molar-refractivity contribution >= 4 is 26.5 Å². The molecule has 2 N–H and O–H groups in total. The van der Waals surface area contributed by atoms with Crippen molar-refractivity contribution in [2.75, 3.05) is 17.0 Å². The second kappa shape index (κ2) is 5.99. The lowest BCUT2D eigenvalue weighted by Crippen LogP contribution is -2.40. The van der Waals surface area contributed by atoms with Gasteiger partial charge in [0.15, 0.2) is 0 Å². The van der Waals surface area contributed by atoms with E-state index in [-0.39, 0.29) is 11.8 Å². The average Bonchev–Trinajstić information content (AvgIpc) is 2.48.